The van der Waals surface area contributed by atoms with Gasteiger partial charge in [-0.15, -0.1) is 0 Å². The Labute approximate surface area is 84.9 Å². The van der Waals surface area contributed by atoms with Crippen LogP contribution in [0.2, 0.25) is 0 Å². The Morgan fingerprint density at radius 2 is 2.15 bits per heavy atom. The van der Waals surface area contributed by atoms with Crippen LogP contribution in [0.15, 0.2) is 10.5 Å². The van der Waals surface area contributed by atoms with Gasteiger partial charge in [-0.3, -0.25) is 0 Å². The van der Waals surface area contributed by atoms with Gasteiger partial charge in [0, 0.05) is 6.54 Å². The van der Waals surface area contributed by atoms with E-state index in [-0.39, 0.29) is 12.4 Å². The predicted octanol–water partition coefficient (Wildman–Crippen LogP) is 2.68. The van der Waals surface area contributed by atoms with Crippen molar-refractivity contribution in [1.82, 2.24) is 5.48 Å². The third-order valence-corrected chi connectivity index (χ3v) is 2.98. The molecule has 0 aliphatic carbocycles. The highest BCUT2D eigenvalue weighted by Crippen LogP contribution is 2.26. The average molecular weight is 248 g/mol. The van der Waals surface area contributed by atoms with Crippen LogP contribution in [-0.2, 0) is 6.54 Å². The third-order valence-electron chi connectivity index (χ3n) is 2.12. The summed E-state index contributed by atoms with van der Waals surface area (Å²) in [7, 11) is 0. The van der Waals surface area contributed by atoms with Gasteiger partial charge in [0.15, 0.2) is 0 Å². The Morgan fingerprint density at radius 3 is 2.69 bits per heavy atom. The molecule has 72 valence electrons. The van der Waals surface area contributed by atoms with Crippen molar-refractivity contribution in [1.29, 1.82) is 0 Å². The Morgan fingerprint density at radius 1 is 1.54 bits per heavy atom. The van der Waals surface area contributed by atoms with Crippen LogP contribution in [0.3, 0.4) is 0 Å². The molecule has 4 heteroatoms. The van der Waals surface area contributed by atoms with Crippen LogP contribution < -0.4 is 5.48 Å². The summed E-state index contributed by atoms with van der Waals surface area (Å²) in [5, 5.41) is 8.56. The molecule has 0 amide bonds. The molecule has 0 saturated carbocycles. The lowest BCUT2D eigenvalue weighted by Gasteiger charge is -2.11. The first-order chi connectivity index (χ1) is 6.07. The Kier molecular flexibility index (Phi) is 3.41. The van der Waals surface area contributed by atoms with Crippen molar-refractivity contribution < 1.29 is 9.60 Å². The summed E-state index contributed by atoms with van der Waals surface area (Å²) in [5.74, 6) is -0.298. The number of rotatable bonds is 2. The fraction of sp³-hybridized carbons (Fsp3) is 0.333. The second-order valence-corrected chi connectivity index (χ2v) is 3.72. The zero-order chi connectivity index (χ0) is 10.0. The molecule has 0 fully saturated rings. The van der Waals surface area contributed by atoms with Crippen molar-refractivity contribution in [2.75, 3.05) is 0 Å². The summed E-state index contributed by atoms with van der Waals surface area (Å²) in [5.41, 5.74) is 4.64. The summed E-state index contributed by atoms with van der Waals surface area (Å²) >= 11 is 3.14. The minimum Gasteiger partial charge on any atom is -0.316 e. The number of hydrogen-bond acceptors (Lipinski definition) is 2. The SMILES string of the molecule is Cc1cc(F)c(Br)c(CNO)c1C. The van der Waals surface area contributed by atoms with Gasteiger partial charge in [0.2, 0.25) is 0 Å². The maximum Gasteiger partial charge on any atom is 0.137 e. The number of halogens is 2. The summed E-state index contributed by atoms with van der Waals surface area (Å²) in [4.78, 5) is 0. The van der Waals surface area contributed by atoms with Gasteiger partial charge in [-0.25, -0.2) is 9.87 Å². The van der Waals surface area contributed by atoms with E-state index in [0.29, 0.717) is 4.47 Å². The highest BCUT2D eigenvalue weighted by atomic mass is 79.9. The van der Waals surface area contributed by atoms with Crippen LogP contribution in [0, 0.1) is 19.7 Å². The molecule has 0 aromatic heterocycles. The lowest BCUT2D eigenvalue weighted by Crippen LogP contribution is -2.09. The van der Waals surface area contributed by atoms with E-state index in [2.05, 4.69) is 15.9 Å². The monoisotopic (exact) mass is 247 g/mol. The molecule has 0 heterocycles. The molecule has 0 radical (unpaired) electrons. The minimum absolute atomic E-state index is 0.241. The molecular weight excluding hydrogens is 237 g/mol. The molecule has 0 spiro atoms. The first kappa shape index (κ1) is 10.6. The van der Waals surface area contributed by atoms with Crippen LogP contribution in [0.25, 0.3) is 0 Å². The van der Waals surface area contributed by atoms with Gasteiger partial charge in [0.25, 0.3) is 0 Å². The minimum atomic E-state index is -0.298. The second-order valence-electron chi connectivity index (χ2n) is 2.93. The lowest BCUT2D eigenvalue weighted by molar-refractivity contribution is 0.160. The number of aryl methyl sites for hydroxylation is 1. The molecule has 1 aromatic rings. The van der Waals surface area contributed by atoms with Crippen LogP contribution in [0.1, 0.15) is 16.7 Å². The van der Waals surface area contributed by atoms with Crippen molar-refractivity contribution in [3.63, 3.8) is 0 Å². The van der Waals surface area contributed by atoms with Gasteiger partial charge in [0.1, 0.15) is 5.82 Å². The van der Waals surface area contributed by atoms with E-state index < -0.39 is 0 Å². The number of hydrogen-bond donors (Lipinski definition) is 2. The topological polar surface area (TPSA) is 32.3 Å². The number of benzene rings is 1. The zero-order valence-corrected chi connectivity index (χ0v) is 9.07. The first-order valence-corrected chi connectivity index (χ1v) is 4.68. The molecule has 13 heavy (non-hydrogen) atoms. The fourth-order valence-electron chi connectivity index (χ4n) is 1.20. The van der Waals surface area contributed by atoms with Crippen LogP contribution >= 0.6 is 15.9 Å². The lowest BCUT2D eigenvalue weighted by atomic mass is 10.0. The standard InChI is InChI=1S/C9H11BrFNO/c1-5-3-8(11)9(10)7(4-12-13)6(5)2/h3,12-13H,4H2,1-2H3. The van der Waals surface area contributed by atoms with E-state index in [0.717, 1.165) is 16.7 Å². The molecule has 0 atom stereocenters. The third kappa shape index (κ3) is 2.07. The van der Waals surface area contributed by atoms with Crippen molar-refractivity contribution in [3.8, 4) is 0 Å². The largest absolute Gasteiger partial charge is 0.316 e. The maximum atomic E-state index is 13.2. The fourth-order valence-corrected chi connectivity index (χ4v) is 1.75. The van der Waals surface area contributed by atoms with Gasteiger partial charge in [-0.05, 0) is 52.5 Å². The zero-order valence-electron chi connectivity index (χ0n) is 7.49. The smallest absolute Gasteiger partial charge is 0.137 e. The van der Waals surface area contributed by atoms with E-state index in [1.807, 2.05) is 19.3 Å². The highest BCUT2D eigenvalue weighted by Gasteiger charge is 2.10. The summed E-state index contributed by atoms with van der Waals surface area (Å²) in [6.07, 6.45) is 0. The molecule has 1 aromatic carbocycles. The molecule has 1 rings (SSSR count). The molecule has 0 aliphatic heterocycles. The molecule has 2 N–H and O–H groups in total. The van der Waals surface area contributed by atoms with Crippen LogP contribution in [0.4, 0.5) is 4.39 Å². The van der Waals surface area contributed by atoms with Gasteiger partial charge in [-0.2, -0.15) is 0 Å². The van der Waals surface area contributed by atoms with Gasteiger partial charge in [0.05, 0.1) is 4.47 Å². The maximum absolute atomic E-state index is 13.2. The molecule has 0 unspecified atom stereocenters. The normalized spacial score (nSPS) is 10.5. The highest BCUT2D eigenvalue weighted by molar-refractivity contribution is 9.10. The van der Waals surface area contributed by atoms with E-state index in [1.54, 1.807) is 0 Å². The predicted molar refractivity (Wildman–Crippen MR) is 52.2 cm³/mol. The average Bonchev–Trinajstić information content (AvgIpc) is 2.09. The summed E-state index contributed by atoms with van der Waals surface area (Å²) < 4.78 is 13.6. The quantitative estimate of drug-likeness (QED) is 0.788. The molecule has 0 aliphatic rings. The number of nitrogens with one attached hydrogen (secondary N) is 1. The molecule has 0 bridgehead atoms. The van der Waals surface area contributed by atoms with Crippen molar-refractivity contribution in [3.05, 3.63) is 33.0 Å². The van der Waals surface area contributed by atoms with E-state index >= 15 is 0 Å². The first-order valence-electron chi connectivity index (χ1n) is 3.89. The van der Waals surface area contributed by atoms with Crippen LogP contribution in [-0.4, -0.2) is 5.21 Å². The molecule has 0 saturated heterocycles. The Bertz CT molecular complexity index is 302. The van der Waals surface area contributed by atoms with Gasteiger partial charge < -0.3 is 5.21 Å². The van der Waals surface area contributed by atoms with E-state index in [1.165, 1.54) is 6.07 Å². The van der Waals surface area contributed by atoms with E-state index in [4.69, 9.17) is 5.21 Å². The van der Waals surface area contributed by atoms with Crippen molar-refractivity contribution in [2.45, 2.75) is 20.4 Å². The van der Waals surface area contributed by atoms with Crippen LogP contribution in [0.5, 0.6) is 0 Å². The molecule has 2 nitrogen and oxygen atoms in total. The second kappa shape index (κ2) is 4.17. The Hall–Kier alpha value is -0.450. The van der Waals surface area contributed by atoms with Crippen molar-refractivity contribution >= 4 is 15.9 Å². The van der Waals surface area contributed by atoms with Gasteiger partial charge in [-0.1, -0.05) is 0 Å². The van der Waals surface area contributed by atoms with Crippen molar-refractivity contribution in [2.24, 2.45) is 0 Å². The van der Waals surface area contributed by atoms with Gasteiger partial charge >= 0.3 is 0 Å². The molecular formula is C9H11BrFNO. The summed E-state index contributed by atoms with van der Waals surface area (Å²) in [6.45, 7) is 3.98. The summed E-state index contributed by atoms with van der Waals surface area (Å²) in [6, 6.07) is 1.47. The Balaban J connectivity index is 3.28. The number of hydroxylamine groups is 1. The van der Waals surface area contributed by atoms with E-state index in [9.17, 15) is 4.39 Å².